The Morgan fingerprint density at radius 1 is 1.59 bits per heavy atom. The molecule has 0 atom stereocenters. The normalized spacial score (nSPS) is 11.5. The molecule has 0 aliphatic carbocycles. The molecule has 0 aromatic heterocycles. The molecule has 17 heavy (non-hydrogen) atoms. The van der Waals surface area contributed by atoms with Crippen molar-refractivity contribution in [1.29, 1.82) is 0 Å². The molecule has 0 saturated carbocycles. The monoisotopic (exact) mass is 322 g/mol. The van der Waals surface area contributed by atoms with E-state index in [1.165, 1.54) is 13.0 Å². The fourth-order valence-corrected chi connectivity index (χ4v) is 2.84. The van der Waals surface area contributed by atoms with Gasteiger partial charge in [0.05, 0.1) is 4.90 Å². The van der Waals surface area contributed by atoms with Gasteiger partial charge in [-0.3, -0.25) is 0 Å². The second-order valence-electron chi connectivity index (χ2n) is 3.47. The Bertz CT molecular complexity index is 558. The summed E-state index contributed by atoms with van der Waals surface area (Å²) in [7, 11) is -3.79. The van der Waals surface area contributed by atoms with Crippen LogP contribution in [-0.2, 0) is 10.0 Å². The summed E-state index contributed by atoms with van der Waals surface area (Å²) in [5.74, 6) is -0.650. The number of nitrogens with one attached hydrogen (secondary N) is 1. The summed E-state index contributed by atoms with van der Waals surface area (Å²) in [5, 5.41) is 0. The van der Waals surface area contributed by atoms with Crippen molar-refractivity contribution in [2.24, 2.45) is 0 Å². The first-order valence-corrected chi connectivity index (χ1v) is 6.90. The van der Waals surface area contributed by atoms with Gasteiger partial charge >= 0.3 is 0 Å². The fourth-order valence-electron chi connectivity index (χ4n) is 1.20. The molecule has 0 aliphatic rings. The molecule has 0 aliphatic heterocycles. The number of hydrogen-bond acceptors (Lipinski definition) is 3. The van der Waals surface area contributed by atoms with Crippen LogP contribution in [0.15, 0.2) is 28.1 Å². The number of anilines is 1. The van der Waals surface area contributed by atoms with Gasteiger partial charge in [-0.1, -0.05) is 22.5 Å². The van der Waals surface area contributed by atoms with E-state index in [0.29, 0.717) is 4.48 Å². The zero-order valence-electron chi connectivity index (χ0n) is 9.13. The first-order chi connectivity index (χ1) is 7.74. The van der Waals surface area contributed by atoms with E-state index >= 15 is 0 Å². The van der Waals surface area contributed by atoms with Crippen LogP contribution in [-0.4, -0.2) is 15.0 Å². The third kappa shape index (κ3) is 3.52. The van der Waals surface area contributed by atoms with Crippen molar-refractivity contribution in [2.75, 3.05) is 12.3 Å². The third-order valence-corrected chi connectivity index (χ3v) is 3.87. The molecule has 0 spiro atoms. The number of halogens is 2. The van der Waals surface area contributed by atoms with Gasteiger partial charge in [0, 0.05) is 22.3 Å². The molecule has 0 heterocycles. The second-order valence-corrected chi connectivity index (χ2v) is 6.32. The number of benzene rings is 1. The molecule has 0 saturated heterocycles. The maximum absolute atomic E-state index is 13.4. The van der Waals surface area contributed by atoms with Crippen LogP contribution in [0, 0.1) is 12.7 Å². The van der Waals surface area contributed by atoms with Crippen molar-refractivity contribution < 1.29 is 12.8 Å². The Balaban J connectivity index is 3.19. The molecule has 0 unspecified atom stereocenters. The van der Waals surface area contributed by atoms with Crippen molar-refractivity contribution in [3.63, 3.8) is 0 Å². The lowest BCUT2D eigenvalue weighted by Gasteiger charge is -2.10. The summed E-state index contributed by atoms with van der Waals surface area (Å²) in [5.41, 5.74) is 5.52. The highest BCUT2D eigenvalue weighted by molar-refractivity contribution is 9.11. The minimum absolute atomic E-state index is 0.0260. The lowest BCUT2D eigenvalue weighted by molar-refractivity contribution is 0.578. The molecular formula is C10H12BrFN2O2S. The van der Waals surface area contributed by atoms with Crippen LogP contribution in [0.2, 0.25) is 0 Å². The molecule has 0 radical (unpaired) electrons. The van der Waals surface area contributed by atoms with E-state index in [9.17, 15) is 12.8 Å². The summed E-state index contributed by atoms with van der Waals surface area (Å²) in [4.78, 5) is -0.163. The molecule has 1 aromatic rings. The second kappa shape index (κ2) is 5.16. The smallest absolute Gasteiger partial charge is 0.241 e. The predicted molar refractivity (Wildman–Crippen MR) is 68.8 cm³/mol. The summed E-state index contributed by atoms with van der Waals surface area (Å²) in [6, 6.07) is 2.30. The van der Waals surface area contributed by atoms with Crippen LogP contribution < -0.4 is 10.5 Å². The van der Waals surface area contributed by atoms with E-state index in [2.05, 4.69) is 27.2 Å². The predicted octanol–water partition coefficient (Wildman–Crippen LogP) is 1.90. The summed E-state index contributed by atoms with van der Waals surface area (Å²) in [6.45, 7) is 4.91. The van der Waals surface area contributed by atoms with Gasteiger partial charge in [-0.25, -0.2) is 17.5 Å². The highest BCUT2D eigenvalue weighted by atomic mass is 79.9. The molecule has 4 nitrogen and oxygen atoms in total. The maximum Gasteiger partial charge on any atom is 0.241 e. The van der Waals surface area contributed by atoms with Crippen LogP contribution in [0.4, 0.5) is 10.1 Å². The van der Waals surface area contributed by atoms with Gasteiger partial charge in [0.2, 0.25) is 10.0 Å². The van der Waals surface area contributed by atoms with Crippen LogP contribution >= 0.6 is 15.9 Å². The van der Waals surface area contributed by atoms with E-state index in [4.69, 9.17) is 5.73 Å². The minimum atomic E-state index is -3.79. The number of rotatable bonds is 4. The molecular weight excluding hydrogens is 311 g/mol. The largest absolute Gasteiger partial charge is 0.399 e. The van der Waals surface area contributed by atoms with Gasteiger partial charge in [0.15, 0.2) is 0 Å². The van der Waals surface area contributed by atoms with Crippen LogP contribution in [0.25, 0.3) is 0 Å². The average molecular weight is 323 g/mol. The van der Waals surface area contributed by atoms with E-state index in [-0.39, 0.29) is 22.7 Å². The Kier molecular flexibility index (Phi) is 4.29. The summed E-state index contributed by atoms with van der Waals surface area (Å²) >= 11 is 3.03. The number of hydrogen-bond donors (Lipinski definition) is 2. The third-order valence-electron chi connectivity index (χ3n) is 2.06. The molecule has 7 heteroatoms. The standard InChI is InChI=1S/C10H12BrFN2O2S/c1-6(11)5-14-17(15,16)10-4-8(13)3-9(12)7(10)2/h3-4,14H,1,5,13H2,2H3. The minimum Gasteiger partial charge on any atom is -0.399 e. The lowest BCUT2D eigenvalue weighted by Crippen LogP contribution is -2.25. The summed E-state index contributed by atoms with van der Waals surface area (Å²) in [6.07, 6.45) is 0. The first kappa shape index (κ1) is 14.1. The number of nitrogens with two attached hydrogens (primary N) is 1. The molecule has 1 aromatic carbocycles. The molecule has 3 N–H and O–H groups in total. The fraction of sp³-hybridized carbons (Fsp3) is 0.200. The van der Waals surface area contributed by atoms with Gasteiger partial charge < -0.3 is 5.73 Å². The quantitative estimate of drug-likeness (QED) is 0.832. The van der Waals surface area contributed by atoms with E-state index in [0.717, 1.165) is 6.07 Å². The van der Waals surface area contributed by atoms with Gasteiger partial charge in [-0.05, 0) is 19.1 Å². The molecule has 0 fully saturated rings. The maximum atomic E-state index is 13.4. The van der Waals surface area contributed by atoms with Crippen molar-refractivity contribution in [2.45, 2.75) is 11.8 Å². The van der Waals surface area contributed by atoms with E-state index < -0.39 is 15.8 Å². The van der Waals surface area contributed by atoms with Crippen LogP contribution in [0.1, 0.15) is 5.56 Å². The van der Waals surface area contributed by atoms with Gasteiger partial charge in [0.1, 0.15) is 5.82 Å². The van der Waals surface area contributed by atoms with Crippen molar-refractivity contribution in [3.8, 4) is 0 Å². The van der Waals surface area contributed by atoms with Crippen molar-refractivity contribution >= 4 is 31.6 Å². The van der Waals surface area contributed by atoms with E-state index in [1.807, 2.05) is 0 Å². The number of sulfonamides is 1. The molecule has 94 valence electrons. The van der Waals surface area contributed by atoms with Gasteiger partial charge in [-0.15, -0.1) is 0 Å². The SMILES string of the molecule is C=C(Br)CNS(=O)(=O)c1cc(N)cc(F)c1C. The van der Waals surface area contributed by atoms with Crippen molar-refractivity contribution in [1.82, 2.24) is 4.72 Å². The van der Waals surface area contributed by atoms with Crippen molar-refractivity contribution in [3.05, 3.63) is 34.6 Å². The zero-order chi connectivity index (χ0) is 13.2. The Hall–Kier alpha value is -0.920. The Morgan fingerprint density at radius 3 is 2.71 bits per heavy atom. The van der Waals surface area contributed by atoms with E-state index in [1.54, 1.807) is 0 Å². The lowest BCUT2D eigenvalue weighted by atomic mass is 10.2. The average Bonchev–Trinajstić information content (AvgIpc) is 2.20. The molecule has 0 amide bonds. The molecule has 1 rings (SSSR count). The Labute approximate surface area is 108 Å². The number of nitrogen functional groups attached to an aromatic ring is 1. The van der Waals surface area contributed by atoms with Gasteiger partial charge in [0.25, 0.3) is 0 Å². The van der Waals surface area contributed by atoms with Crippen LogP contribution in [0.3, 0.4) is 0 Å². The highest BCUT2D eigenvalue weighted by Crippen LogP contribution is 2.21. The zero-order valence-corrected chi connectivity index (χ0v) is 11.5. The Morgan fingerprint density at radius 2 is 2.18 bits per heavy atom. The first-order valence-electron chi connectivity index (χ1n) is 4.62. The topological polar surface area (TPSA) is 72.2 Å². The summed E-state index contributed by atoms with van der Waals surface area (Å²) < 4.78 is 39.9. The highest BCUT2D eigenvalue weighted by Gasteiger charge is 2.19. The van der Waals surface area contributed by atoms with Crippen LogP contribution in [0.5, 0.6) is 0 Å². The van der Waals surface area contributed by atoms with Gasteiger partial charge in [-0.2, -0.15) is 0 Å². The molecule has 0 bridgehead atoms.